The first-order chi connectivity index (χ1) is 8.86. The van der Waals surface area contributed by atoms with Crippen molar-refractivity contribution in [2.24, 2.45) is 0 Å². The van der Waals surface area contributed by atoms with Crippen molar-refractivity contribution in [3.8, 4) is 0 Å². The van der Waals surface area contributed by atoms with Gasteiger partial charge in [0.2, 0.25) is 0 Å². The van der Waals surface area contributed by atoms with Gasteiger partial charge in [0.15, 0.2) is 0 Å². The number of hydrogen-bond donors (Lipinski definition) is 1. The lowest BCUT2D eigenvalue weighted by Gasteiger charge is -2.09. The maximum atomic E-state index is 3.25. The van der Waals surface area contributed by atoms with Crippen molar-refractivity contribution in [1.29, 1.82) is 0 Å². The van der Waals surface area contributed by atoms with Crippen LogP contribution in [-0.4, -0.2) is 23.1 Å². The van der Waals surface area contributed by atoms with Crippen LogP contribution in [0.2, 0.25) is 0 Å². The van der Waals surface area contributed by atoms with Gasteiger partial charge in [0, 0.05) is 19.3 Å². The minimum atomic E-state index is 0.936. The van der Waals surface area contributed by atoms with Crippen LogP contribution in [0.1, 0.15) is 18.9 Å². The van der Waals surface area contributed by atoms with Crippen molar-refractivity contribution >= 4 is 22.7 Å². The molecule has 98 valence electrons. The molecule has 1 aromatic heterocycles. The van der Waals surface area contributed by atoms with Crippen LogP contribution in [0.4, 0.5) is 0 Å². The third-order valence-electron chi connectivity index (χ3n) is 3.13. The summed E-state index contributed by atoms with van der Waals surface area (Å²) < 4.78 is 2.40. The van der Waals surface area contributed by atoms with Gasteiger partial charge in [-0.2, -0.15) is 11.8 Å². The first kappa shape index (κ1) is 13.5. The fourth-order valence-electron chi connectivity index (χ4n) is 2.34. The van der Waals surface area contributed by atoms with Crippen LogP contribution >= 0.6 is 11.8 Å². The number of thioether (sulfide) groups is 1. The zero-order valence-electron chi connectivity index (χ0n) is 11.3. The van der Waals surface area contributed by atoms with Gasteiger partial charge in [0.25, 0.3) is 0 Å². The molecule has 0 aliphatic carbocycles. The van der Waals surface area contributed by atoms with Gasteiger partial charge in [-0.3, -0.25) is 0 Å². The summed E-state index contributed by atoms with van der Waals surface area (Å²) in [7, 11) is 2.00. The molecule has 18 heavy (non-hydrogen) atoms. The molecule has 0 spiro atoms. The van der Waals surface area contributed by atoms with E-state index in [1.807, 2.05) is 18.8 Å². The molecule has 3 heteroatoms. The summed E-state index contributed by atoms with van der Waals surface area (Å²) in [6, 6.07) is 8.79. The second kappa shape index (κ2) is 6.86. The Hall–Kier alpha value is -0.930. The van der Waals surface area contributed by atoms with Crippen LogP contribution in [-0.2, 0) is 13.1 Å². The molecule has 1 heterocycles. The minimum Gasteiger partial charge on any atom is -0.347 e. The standard InChI is InChI=1S/C15H22N2S/c1-3-18-11-5-9-17-10-8-13-6-4-7-14(12-16-2)15(13)17/h4,6-8,10,16H,3,5,9,11-12H2,1-2H3. The molecule has 2 aromatic rings. The molecule has 0 radical (unpaired) electrons. The molecule has 0 bridgehead atoms. The van der Waals surface area contributed by atoms with Crippen molar-refractivity contribution < 1.29 is 0 Å². The molecule has 1 aromatic carbocycles. The predicted molar refractivity (Wildman–Crippen MR) is 82.3 cm³/mol. The third kappa shape index (κ3) is 3.09. The number of aryl methyl sites for hydroxylation is 1. The van der Waals surface area contributed by atoms with E-state index in [1.165, 1.54) is 34.4 Å². The Morgan fingerprint density at radius 1 is 1.28 bits per heavy atom. The zero-order valence-corrected chi connectivity index (χ0v) is 12.1. The highest BCUT2D eigenvalue weighted by Crippen LogP contribution is 2.21. The fourth-order valence-corrected chi connectivity index (χ4v) is 2.96. The maximum absolute atomic E-state index is 3.25. The topological polar surface area (TPSA) is 17.0 Å². The number of aromatic nitrogens is 1. The second-order valence-electron chi connectivity index (χ2n) is 4.44. The molecule has 0 fully saturated rings. The average Bonchev–Trinajstić information content (AvgIpc) is 2.80. The van der Waals surface area contributed by atoms with E-state index in [0.717, 1.165) is 13.1 Å². The summed E-state index contributed by atoms with van der Waals surface area (Å²) in [5.74, 6) is 2.47. The summed E-state index contributed by atoms with van der Waals surface area (Å²) in [6.45, 7) is 4.28. The van der Waals surface area contributed by atoms with Crippen LogP contribution in [0.25, 0.3) is 10.9 Å². The first-order valence-corrected chi connectivity index (χ1v) is 7.81. The highest BCUT2D eigenvalue weighted by atomic mass is 32.2. The molecule has 0 amide bonds. The van der Waals surface area contributed by atoms with Crippen molar-refractivity contribution in [3.05, 3.63) is 36.0 Å². The monoisotopic (exact) mass is 262 g/mol. The number of nitrogens with one attached hydrogen (secondary N) is 1. The Kier molecular flexibility index (Phi) is 5.14. The minimum absolute atomic E-state index is 0.936. The highest BCUT2D eigenvalue weighted by molar-refractivity contribution is 7.99. The largest absolute Gasteiger partial charge is 0.347 e. The van der Waals surface area contributed by atoms with E-state index in [1.54, 1.807) is 0 Å². The van der Waals surface area contributed by atoms with Gasteiger partial charge in [0.05, 0.1) is 5.52 Å². The molecule has 0 aliphatic rings. The molecule has 0 aliphatic heterocycles. The Bertz CT molecular complexity index is 490. The van der Waals surface area contributed by atoms with Crippen molar-refractivity contribution in [3.63, 3.8) is 0 Å². The third-order valence-corrected chi connectivity index (χ3v) is 4.12. The van der Waals surface area contributed by atoms with Crippen LogP contribution in [0.15, 0.2) is 30.5 Å². The van der Waals surface area contributed by atoms with E-state index in [4.69, 9.17) is 0 Å². The van der Waals surface area contributed by atoms with Crippen molar-refractivity contribution in [2.45, 2.75) is 26.4 Å². The molecule has 2 nitrogen and oxygen atoms in total. The van der Waals surface area contributed by atoms with Gasteiger partial charge in [0.1, 0.15) is 0 Å². The summed E-state index contributed by atoms with van der Waals surface area (Å²) in [5.41, 5.74) is 2.79. The molecular formula is C15H22N2S. The normalized spacial score (nSPS) is 11.2. The molecule has 0 saturated heterocycles. The lowest BCUT2D eigenvalue weighted by atomic mass is 10.1. The van der Waals surface area contributed by atoms with E-state index in [2.05, 4.69) is 47.3 Å². The van der Waals surface area contributed by atoms with Gasteiger partial charge in [-0.05, 0) is 42.0 Å². The number of fused-ring (bicyclic) bond motifs is 1. The van der Waals surface area contributed by atoms with E-state index in [0.29, 0.717) is 0 Å². The van der Waals surface area contributed by atoms with Crippen LogP contribution in [0.5, 0.6) is 0 Å². The number of rotatable bonds is 7. The second-order valence-corrected chi connectivity index (χ2v) is 5.84. The smallest absolute Gasteiger partial charge is 0.0525 e. The maximum Gasteiger partial charge on any atom is 0.0525 e. The van der Waals surface area contributed by atoms with E-state index < -0.39 is 0 Å². The van der Waals surface area contributed by atoms with Crippen LogP contribution in [0, 0.1) is 0 Å². The number of hydrogen-bond acceptors (Lipinski definition) is 2. The van der Waals surface area contributed by atoms with Gasteiger partial charge < -0.3 is 9.88 Å². The Morgan fingerprint density at radius 2 is 2.17 bits per heavy atom. The highest BCUT2D eigenvalue weighted by Gasteiger charge is 2.05. The molecular weight excluding hydrogens is 240 g/mol. The molecule has 0 atom stereocenters. The zero-order chi connectivity index (χ0) is 12.8. The van der Waals surface area contributed by atoms with E-state index in [-0.39, 0.29) is 0 Å². The molecule has 1 N–H and O–H groups in total. The number of nitrogens with zero attached hydrogens (tertiary/aromatic N) is 1. The van der Waals surface area contributed by atoms with Gasteiger partial charge in [-0.25, -0.2) is 0 Å². The first-order valence-electron chi connectivity index (χ1n) is 6.66. The SMILES string of the molecule is CCSCCCn1ccc2cccc(CNC)c21. The summed E-state index contributed by atoms with van der Waals surface area (Å²) in [5, 5.41) is 4.60. The van der Waals surface area contributed by atoms with Crippen LogP contribution < -0.4 is 5.32 Å². The Morgan fingerprint density at radius 3 is 2.94 bits per heavy atom. The lowest BCUT2D eigenvalue weighted by Crippen LogP contribution is -2.07. The molecule has 0 saturated carbocycles. The van der Waals surface area contributed by atoms with Crippen molar-refractivity contribution in [1.82, 2.24) is 9.88 Å². The predicted octanol–water partition coefficient (Wildman–Crippen LogP) is 3.50. The van der Waals surface area contributed by atoms with Crippen LogP contribution in [0.3, 0.4) is 0 Å². The van der Waals surface area contributed by atoms with E-state index in [9.17, 15) is 0 Å². The van der Waals surface area contributed by atoms with Gasteiger partial charge in [-0.15, -0.1) is 0 Å². The summed E-state index contributed by atoms with van der Waals surface area (Å²) >= 11 is 2.02. The van der Waals surface area contributed by atoms with Gasteiger partial charge >= 0.3 is 0 Å². The summed E-state index contributed by atoms with van der Waals surface area (Å²) in [4.78, 5) is 0. The molecule has 2 rings (SSSR count). The van der Waals surface area contributed by atoms with E-state index >= 15 is 0 Å². The fraction of sp³-hybridized carbons (Fsp3) is 0.467. The van der Waals surface area contributed by atoms with Gasteiger partial charge in [-0.1, -0.05) is 25.1 Å². The lowest BCUT2D eigenvalue weighted by molar-refractivity contribution is 0.703. The number of para-hydroxylation sites is 1. The quantitative estimate of drug-likeness (QED) is 0.769. The summed E-state index contributed by atoms with van der Waals surface area (Å²) in [6.07, 6.45) is 3.47. The average molecular weight is 262 g/mol. The molecule has 0 unspecified atom stereocenters. The Labute approximate surface area is 114 Å². The Balaban J connectivity index is 2.16. The number of benzene rings is 1. The van der Waals surface area contributed by atoms with Crippen molar-refractivity contribution in [2.75, 3.05) is 18.6 Å².